The van der Waals surface area contributed by atoms with Crippen molar-refractivity contribution in [1.29, 1.82) is 5.26 Å². The van der Waals surface area contributed by atoms with E-state index in [9.17, 15) is 14.4 Å². The van der Waals surface area contributed by atoms with Gasteiger partial charge in [0.2, 0.25) is 11.6 Å². The molecular weight excluding hydrogens is 481 g/mol. The number of hydrogen-bond acceptors (Lipinski definition) is 6. The summed E-state index contributed by atoms with van der Waals surface area (Å²) in [6.45, 7) is 13.2. The minimum atomic E-state index is -0.910. The molecule has 1 heterocycles. The van der Waals surface area contributed by atoms with E-state index in [1.807, 2.05) is 4.98 Å². The molecule has 0 atom stereocenters. The van der Waals surface area contributed by atoms with Gasteiger partial charge in [-0.1, -0.05) is 70.3 Å². The number of carbonyl (C=O) groups is 1. The maximum atomic E-state index is 12.1. The number of nitrogens with two attached hydrogens (primary N) is 1. The molecule has 9 nitrogen and oxygen atoms in total. The van der Waals surface area contributed by atoms with E-state index in [4.69, 9.17) is 38.9 Å². The molecule has 1 aromatic heterocycles. The highest BCUT2D eigenvalue weighted by Gasteiger charge is 2.19. The van der Waals surface area contributed by atoms with Crippen LogP contribution in [0.4, 0.5) is 0 Å². The van der Waals surface area contributed by atoms with E-state index in [1.54, 1.807) is 26.8 Å². The summed E-state index contributed by atoms with van der Waals surface area (Å²) >= 11 is 12.7. The fraction of sp³-hybridized carbons (Fsp3) is 0.348. The summed E-state index contributed by atoms with van der Waals surface area (Å²) in [7, 11) is 0. The molecule has 0 fully saturated rings. The van der Waals surface area contributed by atoms with Crippen LogP contribution in [0.25, 0.3) is 5.69 Å². The Morgan fingerprint density at radius 3 is 2.41 bits per heavy atom. The van der Waals surface area contributed by atoms with Crippen LogP contribution in [0.2, 0.25) is 10.0 Å². The molecule has 0 saturated heterocycles. The lowest BCUT2D eigenvalue weighted by Crippen LogP contribution is -2.33. The number of hydrogen-bond donors (Lipinski definition) is 2. The fourth-order valence-corrected chi connectivity index (χ4v) is 3.01. The Morgan fingerprint density at radius 2 is 1.94 bits per heavy atom. The quantitative estimate of drug-likeness (QED) is 0.326. The largest absolute Gasteiger partial charge is 0.455 e. The van der Waals surface area contributed by atoms with Crippen LogP contribution in [-0.4, -0.2) is 20.7 Å². The van der Waals surface area contributed by atoms with E-state index in [0.29, 0.717) is 11.1 Å². The molecule has 0 bridgehead atoms. The molecule has 182 valence electrons. The minimum absolute atomic E-state index is 0.00118. The molecule has 11 heteroatoms. The van der Waals surface area contributed by atoms with Crippen molar-refractivity contribution in [3.8, 4) is 17.5 Å². The number of nitriles is 1. The highest BCUT2D eigenvalue weighted by Crippen LogP contribution is 2.39. The highest BCUT2D eigenvalue weighted by atomic mass is 35.5. The standard InChI is InChI=1S/C19H17Cl2N5O4.C4H10/c1-8(2)11(17(23)27)5-9(3)30-16-12(20)6-14(10(4)15(16)21)26-19(29)24-18(28)13(7-22)25-26;1-3-4-2/h5-6,8H,3H2,1-2,4H3,(H2,23,27)(H,24,28,29);3-4H2,1-2H3/b11-5-;. The molecule has 0 aliphatic rings. The molecule has 0 aliphatic carbocycles. The number of unbranched alkanes of at least 4 members (excludes halogenated alkanes) is 1. The van der Waals surface area contributed by atoms with Gasteiger partial charge in [-0.15, -0.1) is 5.10 Å². The van der Waals surface area contributed by atoms with Gasteiger partial charge in [-0.05, 0) is 30.5 Å². The van der Waals surface area contributed by atoms with Crippen LogP contribution in [0.3, 0.4) is 0 Å². The summed E-state index contributed by atoms with van der Waals surface area (Å²) in [6.07, 6.45) is 4.02. The highest BCUT2D eigenvalue weighted by molar-refractivity contribution is 6.38. The van der Waals surface area contributed by atoms with Crippen LogP contribution in [0.15, 0.2) is 39.6 Å². The van der Waals surface area contributed by atoms with Gasteiger partial charge < -0.3 is 10.5 Å². The second-order valence-electron chi connectivity index (χ2n) is 7.46. The maximum Gasteiger partial charge on any atom is 0.349 e. The zero-order valence-electron chi connectivity index (χ0n) is 19.7. The smallest absolute Gasteiger partial charge is 0.349 e. The molecule has 34 heavy (non-hydrogen) atoms. The summed E-state index contributed by atoms with van der Waals surface area (Å²) < 4.78 is 6.41. The molecule has 3 N–H and O–H groups in total. The zero-order chi connectivity index (χ0) is 26.2. The van der Waals surface area contributed by atoms with Crippen molar-refractivity contribution in [2.45, 2.75) is 47.5 Å². The first-order valence-corrected chi connectivity index (χ1v) is 11.2. The molecule has 2 aromatic rings. The van der Waals surface area contributed by atoms with Crippen molar-refractivity contribution in [2.24, 2.45) is 11.7 Å². The number of allylic oxidation sites excluding steroid dienone is 1. The average molecular weight is 508 g/mol. The molecular formula is C23H27Cl2N5O4. The van der Waals surface area contributed by atoms with Crippen LogP contribution in [0, 0.1) is 24.2 Å². The number of benzene rings is 1. The number of ether oxygens (including phenoxy) is 1. The van der Waals surface area contributed by atoms with Crippen LogP contribution in [0.5, 0.6) is 5.75 Å². The monoisotopic (exact) mass is 507 g/mol. The normalized spacial score (nSPS) is 10.9. The average Bonchev–Trinajstić information content (AvgIpc) is 2.77. The third-order valence-electron chi connectivity index (χ3n) is 4.51. The Bertz CT molecular complexity index is 1270. The van der Waals surface area contributed by atoms with Gasteiger partial charge in [0.25, 0.3) is 5.56 Å². The number of nitrogens with zero attached hydrogens (tertiary/aromatic N) is 3. The van der Waals surface area contributed by atoms with E-state index in [-0.39, 0.29) is 33.2 Å². The predicted octanol–water partition coefficient (Wildman–Crippen LogP) is 4.17. The summed E-state index contributed by atoms with van der Waals surface area (Å²) in [5.41, 5.74) is 3.83. The number of halogens is 2. The number of aromatic nitrogens is 3. The van der Waals surface area contributed by atoms with Gasteiger partial charge in [0.1, 0.15) is 11.8 Å². The number of nitrogens with one attached hydrogen (secondary N) is 1. The van der Waals surface area contributed by atoms with Gasteiger partial charge in [-0.2, -0.15) is 9.94 Å². The van der Waals surface area contributed by atoms with Crippen molar-refractivity contribution >= 4 is 29.1 Å². The van der Waals surface area contributed by atoms with Crippen molar-refractivity contribution < 1.29 is 9.53 Å². The van der Waals surface area contributed by atoms with E-state index >= 15 is 0 Å². The van der Waals surface area contributed by atoms with Crippen molar-refractivity contribution in [3.63, 3.8) is 0 Å². The van der Waals surface area contributed by atoms with Crippen LogP contribution in [-0.2, 0) is 4.79 Å². The Hall–Kier alpha value is -3.35. The first-order valence-electron chi connectivity index (χ1n) is 10.4. The Balaban J connectivity index is 0.00000133. The van der Waals surface area contributed by atoms with Gasteiger partial charge in [0.15, 0.2) is 5.75 Å². The molecule has 1 aromatic carbocycles. The van der Waals surface area contributed by atoms with Gasteiger partial charge in [0, 0.05) is 5.57 Å². The number of primary amides is 1. The predicted molar refractivity (Wildman–Crippen MR) is 132 cm³/mol. The van der Waals surface area contributed by atoms with Crippen LogP contribution < -0.4 is 21.7 Å². The molecule has 0 spiro atoms. The van der Waals surface area contributed by atoms with Crippen LogP contribution >= 0.6 is 23.2 Å². The molecule has 2 rings (SSSR count). The Labute approximate surface area is 207 Å². The topological polar surface area (TPSA) is 144 Å². The number of aromatic amines is 1. The Morgan fingerprint density at radius 1 is 1.35 bits per heavy atom. The van der Waals surface area contributed by atoms with Crippen LogP contribution in [0.1, 0.15) is 51.8 Å². The third-order valence-corrected chi connectivity index (χ3v) is 5.25. The number of carbonyl (C=O) groups excluding carboxylic acids is 1. The summed E-state index contributed by atoms with van der Waals surface area (Å²) in [4.78, 5) is 37.2. The fourth-order valence-electron chi connectivity index (χ4n) is 2.49. The van der Waals surface area contributed by atoms with Gasteiger partial charge in [-0.3, -0.25) is 14.6 Å². The molecule has 0 unspecified atom stereocenters. The van der Waals surface area contributed by atoms with Gasteiger partial charge >= 0.3 is 5.69 Å². The third kappa shape index (κ3) is 7.07. The molecule has 0 radical (unpaired) electrons. The number of H-pyrrole nitrogens is 1. The van der Waals surface area contributed by atoms with Crippen molar-refractivity contribution in [1.82, 2.24) is 14.8 Å². The van der Waals surface area contributed by atoms with E-state index in [1.165, 1.54) is 25.0 Å². The van der Waals surface area contributed by atoms with E-state index < -0.39 is 22.9 Å². The van der Waals surface area contributed by atoms with Crippen molar-refractivity contribution in [3.05, 3.63) is 72.2 Å². The first-order chi connectivity index (χ1) is 15.9. The van der Waals surface area contributed by atoms with Gasteiger partial charge in [0.05, 0.1) is 15.7 Å². The first kappa shape index (κ1) is 28.7. The number of amides is 1. The zero-order valence-corrected chi connectivity index (χ0v) is 21.2. The number of rotatable bonds is 7. The lowest BCUT2D eigenvalue weighted by atomic mass is 10.0. The van der Waals surface area contributed by atoms with Gasteiger partial charge in [-0.25, -0.2) is 4.79 Å². The van der Waals surface area contributed by atoms with E-state index in [0.717, 1.165) is 4.68 Å². The minimum Gasteiger partial charge on any atom is -0.455 e. The molecule has 0 saturated carbocycles. The second-order valence-corrected chi connectivity index (χ2v) is 8.25. The lowest BCUT2D eigenvalue weighted by Gasteiger charge is -2.16. The summed E-state index contributed by atoms with van der Waals surface area (Å²) in [5, 5.41) is 12.8. The van der Waals surface area contributed by atoms with Crippen molar-refractivity contribution in [2.75, 3.05) is 0 Å². The molecule has 0 aliphatic heterocycles. The second kappa shape index (κ2) is 12.8. The SMILES string of the molecule is C=C(/C=C(\C(N)=O)C(C)C)Oc1c(Cl)cc(-n2nc(C#N)c(=O)[nH]c2=O)c(C)c1Cl.CCCC. The summed E-state index contributed by atoms with van der Waals surface area (Å²) in [6, 6.07) is 2.93. The summed E-state index contributed by atoms with van der Waals surface area (Å²) in [5.74, 6) is -0.674. The molecule has 1 amide bonds. The Kier molecular flexibility index (Phi) is 10.8. The maximum absolute atomic E-state index is 12.1. The van der Waals surface area contributed by atoms with E-state index in [2.05, 4.69) is 25.5 Å². The lowest BCUT2D eigenvalue weighted by molar-refractivity contribution is -0.115.